The number of amides is 1. The number of carbonyl (C=O) groups excluding carboxylic acids is 1. The molecule has 0 unspecified atom stereocenters. The van der Waals surface area contributed by atoms with Gasteiger partial charge in [-0.05, 0) is 42.7 Å². The molecule has 0 radical (unpaired) electrons. The molecule has 120 valence electrons. The van der Waals surface area contributed by atoms with Crippen LogP contribution in [0, 0.1) is 0 Å². The summed E-state index contributed by atoms with van der Waals surface area (Å²) in [7, 11) is 0. The Labute approximate surface area is 136 Å². The fourth-order valence-corrected chi connectivity index (χ4v) is 2.23. The number of phenols is 1. The zero-order valence-electron chi connectivity index (χ0n) is 13.3. The van der Waals surface area contributed by atoms with Gasteiger partial charge < -0.3 is 5.11 Å². The molecule has 0 fully saturated rings. The lowest BCUT2D eigenvalue weighted by Gasteiger charge is -2.07. The summed E-state index contributed by atoms with van der Waals surface area (Å²) < 4.78 is 0. The Morgan fingerprint density at radius 3 is 2.35 bits per heavy atom. The van der Waals surface area contributed by atoms with Gasteiger partial charge in [0.25, 0.3) is 5.91 Å². The molecule has 0 aromatic heterocycles. The maximum atomic E-state index is 12.1. The van der Waals surface area contributed by atoms with Crippen molar-refractivity contribution >= 4 is 11.6 Å². The minimum absolute atomic E-state index is 0.134. The molecule has 0 saturated heterocycles. The second kappa shape index (κ2) is 8.73. The number of hydrogen-bond donors (Lipinski definition) is 2. The molecule has 0 aliphatic heterocycles. The van der Waals surface area contributed by atoms with E-state index in [1.54, 1.807) is 12.1 Å². The molecule has 2 N–H and O–H groups in total. The SMILES string of the molecule is CCCCCC(=NNC(=O)c1ccc(O)cc1)c1ccccc1. The number of phenolic OH excluding ortho intramolecular Hbond substituents is 1. The molecular formula is C19H22N2O2. The molecule has 0 aliphatic rings. The van der Waals surface area contributed by atoms with Gasteiger partial charge in [-0.25, -0.2) is 5.43 Å². The van der Waals surface area contributed by atoms with Crippen molar-refractivity contribution in [3.63, 3.8) is 0 Å². The van der Waals surface area contributed by atoms with Crippen molar-refractivity contribution in [3.05, 3.63) is 65.7 Å². The van der Waals surface area contributed by atoms with Crippen LogP contribution in [0.5, 0.6) is 5.75 Å². The summed E-state index contributed by atoms with van der Waals surface area (Å²) in [6, 6.07) is 16.0. The van der Waals surface area contributed by atoms with Gasteiger partial charge in [-0.15, -0.1) is 0 Å². The molecular weight excluding hydrogens is 288 g/mol. The monoisotopic (exact) mass is 310 g/mol. The minimum Gasteiger partial charge on any atom is -0.508 e. The van der Waals surface area contributed by atoms with Crippen LogP contribution >= 0.6 is 0 Å². The fraction of sp³-hybridized carbons (Fsp3) is 0.263. The Balaban J connectivity index is 2.09. The van der Waals surface area contributed by atoms with E-state index in [-0.39, 0.29) is 11.7 Å². The zero-order valence-corrected chi connectivity index (χ0v) is 13.3. The van der Waals surface area contributed by atoms with Crippen molar-refractivity contribution in [2.24, 2.45) is 5.10 Å². The van der Waals surface area contributed by atoms with Gasteiger partial charge in [0.1, 0.15) is 5.75 Å². The standard InChI is InChI=1S/C19H22N2O2/c1-2-3-5-10-18(15-8-6-4-7-9-15)20-21-19(23)16-11-13-17(22)14-12-16/h4,6-9,11-14,22H,2-3,5,10H2,1H3,(H,21,23). The highest BCUT2D eigenvalue weighted by Gasteiger charge is 2.07. The topological polar surface area (TPSA) is 61.7 Å². The van der Waals surface area contributed by atoms with E-state index in [1.807, 2.05) is 30.3 Å². The lowest BCUT2D eigenvalue weighted by Crippen LogP contribution is -2.20. The number of carbonyl (C=O) groups is 1. The van der Waals surface area contributed by atoms with E-state index in [2.05, 4.69) is 17.5 Å². The Hall–Kier alpha value is -2.62. The first-order valence-electron chi connectivity index (χ1n) is 7.92. The van der Waals surface area contributed by atoms with E-state index < -0.39 is 0 Å². The Morgan fingerprint density at radius 1 is 1.00 bits per heavy atom. The van der Waals surface area contributed by atoms with E-state index in [0.717, 1.165) is 37.0 Å². The van der Waals surface area contributed by atoms with Gasteiger partial charge in [0.2, 0.25) is 0 Å². The predicted molar refractivity (Wildman–Crippen MR) is 92.7 cm³/mol. The van der Waals surface area contributed by atoms with Crippen molar-refractivity contribution in [1.82, 2.24) is 5.43 Å². The second-order valence-corrected chi connectivity index (χ2v) is 5.37. The molecule has 0 bridgehead atoms. The van der Waals surface area contributed by atoms with E-state index in [1.165, 1.54) is 12.1 Å². The van der Waals surface area contributed by atoms with E-state index in [4.69, 9.17) is 0 Å². The zero-order chi connectivity index (χ0) is 16.5. The number of hydrogen-bond acceptors (Lipinski definition) is 3. The Kier molecular flexibility index (Phi) is 6.36. The number of nitrogens with one attached hydrogen (secondary N) is 1. The lowest BCUT2D eigenvalue weighted by molar-refractivity contribution is 0.0955. The number of unbranched alkanes of at least 4 members (excludes halogenated alkanes) is 2. The molecule has 0 spiro atoms. The van der Waals surface area contributed by atoms with Gasteiger partial charge in [-0.3, -0.25) is 4.79 Å². The van der Waals surface area contributed by atoms with Crippen molar-refractivity contribution in [2.75, 3.05) is 0 Å². The van der Waals surface area contributed by atoms with E-state index >= 15 is 0 Å². The molecule has 0 heterocycles. The molecule has 2 rings (SSSR count). The first-order valence-corrected chi connectivity index (χ1v) is 7.92. The molecule has 2 aromatic carbocycles. The van der Waals surface area contributed by atoms with Crippen molar-refractivity contribution in [3.8, 4) is 5.75 Å². The lowest BCUT2D eigenvalue weighted by atomic mass is 10.0. The summed E-state index contributed by atoms with van der Waals surface area (Å²) in [5.41, 5.74) is 4.98. The Morgan fingerprint density at radius 2 is 1.70 bits per heavy atom. The third-order valence-electron chi connectivity index (χ3n) is 3.55. The van der Waals surface area contributed by atoms with Crippen LogP contribution in [0.1, 0.15) is 48.5 Å². The predicted octanol–water partition coefficient (Wildman–Crippen LogP) is 4.11. The molecule has 23 heavy (non-hydrogen) atoms. The highest BCUT2D eigenvalue weighted by Crippen LogP contribution is 2.11. The number of rotatable bonds is 7. The smallest absolute Gasteiger partial charge is 0.271 e. The minimum atomic E-state index is -0.283. The molecule has 4 heteroatoms. The van der Waals surface area contributed by atoms with Crippen LogP contribution in [-0.2, 0) is 0 Å². The number of aromatic hydroxyl groups is 1. The van der Waals surface area contributed by atoms with Crippen LogP contribution in [0.15, 0.2) is 59.7 Å². The van der Waals surface area contributed by atoms with Gasteiger partial charge in [0.05, 0.1) is 5.71 Å². The number of nitrogens with zero attached hydrogens (tertiary/aromatic N) is 1. The molecule has 2 aromatic rings. The summed E-state index contributed by atoms with van der Waals surface area (Å²) in [4.78, 5) is 12.1. The fourth-order valence-electron chi connectivity index (χ4n) is 2.23. The first-order chi connectivity index (χ1) is 11.2. The summed E-state index contributed by atoms with van der Waals surface area (Å²) in [5, 5.41) is 13.6. The number of hydrazone groups is 1. The highest BCUT2D eigenvalue weighted by atomic mass is 16.3. The van der Waals surface area contributed by atoms with E-state index in [9.17, 15) is 9.90 Å². The Bertz CT molecular complexity index is 649. The number of benzene rings is 2. The van der Waals surface area contributed by atoms with Crippen molar-refractivity contribution in [2.45, 2.75) is 32.6 Å². The largest absolute Gasteiger partial charge is 0.508 e. The maximum Gasteiger partial charge on any atom is 0.271 e. The van der Waals surface area contributed by atoms with Gasteiger partial charge >= 0.3 is 0 Å². The summed E-state index contributed by atoms with van der Waals surface area (Å²) in [5.74, 6) is -0.150. The third-order valence-corrected chi connectivity index (χ3v) is 3.55. The van der Waals surface area contributed by atoms with Crippen molar-refractivity contribution < 1.29 is 9.90 Å². The van der Waals surface area contributed by atoms with Crippen LogP contribution in [0.25, 0.3) is 0 Å². The van der Waals surface area contributed by atoms with Gasteiger partial charge in [0.15, 0.2) is 0 Å². The van der Waals surface area contributed by atoms with Crippen LogP contribution in [0.3, 0.4) is 0 Å². The van der Waals surface area contributed by atoms with Gasteiger partial charge in [0, 0.05) is 5.56 Å². The van der Waals surface area contributed by atoms with Crippen LogP contribution in [-0.4, -0.2) is 16.7 Å². The molecule has 4 nitrogen and oxygen atoms in total. The average molecular weight is 310 g/mol. The normalized spacial score (nSPS) is 11.3. The van der Waals surface area contributed by atoms with Gasteiger partial charge in [-0.2, -0.15) is 5.10 Å². The van der Waals surface area contributed by atoms with E-state index in [0.29, 0.717) is 5.56 Å². The first kappa shape index (κ1) is 16.7. The summed E-state index contributed by atoms with van der Waals surface area (Å²) in [6.45, 7) is 2.16. The van der Waals surface area contributed by atoms with Crippen molar-refractivity contribution in [1.29, 1.82) is 0 Å². The summed E-state index contributed by atoms with van der Waals surface area (Å²) in [6.07, 6.45) is 4.15. The average Bonchev–Trinajstić information content (AvgIpc) is 2.59. The third kappa shape index (κ3) is 5.25. The highest BCUT2D eigenvalue weighted by molar-refractivity contribution is 6.02. The molecule has 0 aliphatic carbocycles. The maximum absolute atomic E-state index is 12.1. The van der Waals surface area contributed by atoms with Crippen LogP contribution in [0.4, 0.5) is 0 Å². The molecule has 0 saturated carbocycles. The second-order valence-electron chi connectivity index (χ2n) is 5.37. The quantitative estimate of drug-likeness (QED) is 0.459. The van der Waals surface area contributed by atoms with Crippen LogP contribution in [0.2, 0.25) is 0 Å². The van der Waals surface area contributed by atoms with Crippen LogP contribution < -0.4 is 5.43 Å². The van der Waals surface area contributed by atoms with Gasteiger partial charge in [-0.1, -0.05) is 50.1 Å². The summed E-state index contributed by atoms with van der Waals surface area (Å²) >= 11 is 0. The molecule has 0 atom stereocenters. The molecule has 1 amide bonds.